The molecule has 0 saturated carbocycles. The predicted molar refractivity (Wildman–Crippen MR) is 160 cm³/mol. The van der Waals surface area contributed by atoms with E-state index in [1.54, 1.807) is 0 Å². The van der Waals surface area contributed by atoms with E-state index in [4.69, 9.17) is 4.74 Å². The lowest BCUT2D eigenvalue weighted by Crippen LogP contribution is -2.74. The molecule has 41 heavy (non-hydrogen) atoms. The maximum absolute atomic E-state index is 14.4. The second-order valence-electron chi connectivity index (χ2n) is 10.4. The Hall–Kier alpha value is -5.16. The van der Waals surface area contributed by atoms with Gasteiger partial charge in [0.1, 0.15) is 11.3 Å². The number of para-hydroxylation sites is 3. The zero-order valence-electron chi connectivity index (χ0n) is 22.3. The molecule has 7 rings (SSSR count). The van der Waals surface area contributed by atoms with Crippen LogP contribution in [-0.4, -0.2) is 17.9 Å². The lowest BCUT2D eigenvalue weighted by Gasteiger charge is -2.56. The van der Waals surface area contributed by atoms with E-state index in [2.05, 4.69) is 24.3 Å². The van der Waals surface area contributed by atoms with Gasteiger partial charge in [0.2, 0.25) is 6.10 Å². The Morgan fingerprint density at radius 1 is 0.659 bits per heavy atom. The fourth-order valence-corrected chi connectivity index (χ4v) is 6.33. The Morgan fingerprint density at radius 2 is 1.20 bits per heavy atom. The van der Waals surface area contributed by atoms with Crippen molar-refractivity contribution in [3.05, 3.63) is 162 Å². The highest BCUT2D eigenvalue weighted by molar-refractivity contribution is 6.14. The van der Waals surface area contributed by atoms with Crippen LogP contribution in [0.1, 0.15) is 33.9 Å². The first-order valence-corrected chi connectivity index (χ1v) is 13.8. The van der Waals surface area contributed by atoms with Crippen LogP contribution in [0.15, 0.2) is 146 Å². The summed E-state index contributed by atoms with van der Waals surface area (Å²) in [5.41, 5.74) is 3.06. The summed E-state index contributed by atoms with van der Waals surface area (Å²) in [4.78, 5) is 32.3. The predicted octanol–water partition coefficient (Wildman–Crippen LogP) is 7.17. The molecule has 1 fully saturated rings. The Kier molecular flexibility index (Phi) is 6.12. The van der Waals surface area contributed by atoms with E-state index in [9.17, 15) is 9.59 Å². The highest BCUT2D eigenvalue weighted by Gasteiger charge is 2.66. The molecule has 0 aliphatic carbocycles. The van der Waals surface area contributed by atoms with Crippen molar-refractivity contribution >= 4 is 23.2 Å². The van der Waals surface area contributed by atoms with Crippen LogP contribution in [0.5, 0.6) is 5.75 Å². The van der Waals surface area contributed by atoms with Crippen LogP contribution in [0, 0.1) is 0 Å². The monoisotopic (exact) mass is 536 g/mol. The number of benzene rings is 5. The van der Waals surface area contributed by atoms with Gasteiger partial charge in [-0.1, -0.05) is 109 Å². The van der Waals surface area contributed by atoms with Crippen LogP contribution in [0.3, 0.4) is 0 Å². The third-order valence-electron chi connectivity index (χ3n) is 8.17. The lowest BCUT2D eigenvalue weighted by molar-refractivity contribution is -0.142. The third-order valence-corrected chi connectivity index (χ3v) is 8.17. The molecule has 0 aromatic heterocycles. The molecule has 0 radical (unpaired) electrons. The van der Waals surface area contributed by atoms with Crippen molar-refractivity contribution in [2.45, 2.75) is 24.1 Å². The van der Waals surface area contributed by atoms with E-state index >= 15 is 0 Å². The molecule has 2 amide bonds. The van der Waals surface area contributed by atoms with Gasteiger partial charge >= 0.3 is 0 Å². The molecule has 5 heteroatoms. The molecule has 0 N–H and O–H groups in total. The van der Waals surface area contributed by atoms with Gasteiger partial charge in [-0.15, -0.1) is 0 Å². The second-order valence-corrected chi connectivity index (χ2v) is 10.4. The smallest absolute Gasteiger partial charge is 0.271 e. The van der Waals surface area contributed by atoms with Gasteiger partial charge in [0.05, 0.1) is 17.4 Å². The highest BCUT2D eigenvalue weighted by Crippen LogP contribution is 2.57. The molecular weight excluding hydrogens is 508 g/mol. The van der Waals surface area contributed by atoms with Gasteiger partial charge in [-0.25, -0.2) is 0 Å². The SMILES string of the molecule is O=C(c1ccccc1)N1c2ccccc2N2C(=O)[C@H](Oc3ccccc3)[C@@]2(c2ccccc2)C[C@@H]1c1ccccc1. The average Bonchev–Trinajstić information content (AvgIpc) is 3.16. The summed E-state index contributed by atoms with van der Waals surface area (Å²) in [6, 6.07) is 46.3. The summed E-state index contributed by atoms with van der Waals surface area (Å²) in [6.45, 7) is 0. The fraction of sp³-hybridized carbons (Fsp3) is 0.111. The molecule has 5 nitrogen and oxygen atoms in total. The van der Waals surface area contributed by atoms with Crippen LogP contribution in [0.4, 0.5) is 11.4 Å². The van der Waals surface area contributed by atoms with Crippen LogP contribution in [0.2, 0.25) is 0 Å². The fourth-order valence-electron chi connectivity index (χ4n) is 6.33. The Balaban J connectivity index is 1.48. The summed E-state index contributed by atoms with van der Waals surface area (Å²) >= 11 is 0. The van der Waals surface area contributed by atoms with Crippen LogP contribution >= 0.6 is 0 Å². The molecule has 5 aromatic rings. The van der Waals surface area contributed by atoms with Crippen molar-refractivity contribution in [3.63, 3.8) is 0 Å². The molecule has 5 aromatic carbocycles. The van der Waals surface area contributed by atoms with Gasteiger partial charge in [0.15, 0.2) is 0 Å². The Labute approximate surface area is 239 Å². The number of nitrogens with zero attached hydrogens (tertiary/aromatic N) is 2. The van der Waals surface area contributed by atoms with E-state index in [0.29, 0.717) is 29.1 Å². The van der Waals surface area contributed by atoms with Crippen molar-refractivity contribution in [2.75, 3.05) is 9.80 Å². The number of hydrogen-bond donors (Lipinski definition) is 0. The minimum Gasteiger partial charge on any atom is -0.478 e. The van der Waals surface area contributed by atoms with E-state index in [1.165, 1.54) is 0 Å². The summed E-state index contributed by atoms with van der Waals surface area (Å²) < 4.78 is 6.53. The first-order valence-electron chi connectivity index (χ1n) is 13.8. The number of rotatable bonds is 5. The van der Waals surface area contributed by atoms with Gasteiger partial charge in [0, 0.05) is 12.0 Å². The van der Waals surface area contributed by atoms with E-state index in [1.807, 2.05) is 131 Å². The molecule has 0 spiro atoms. The van der Waals surface area contributed by atoms with Crippen molar-refractivity contribution < 1.29 is 14.3 Å². The number of β-lactam (4-membered cyclic amide) rings is 1. The standard InChI is InChI=1S/C36H28N2O3/c39-34(27-17-7-2-8-18-27)37-30-23-13-14-24-31(30)38-35(40)33(41-29-21-11-4-12-22-29)36(38,28-19-9-3-10-20-28)25-32(37)26-15-5-1-6-16-26/h1-24,32-33H,25H2/t32-,33+,36+/m1/s1. The molecule has 2 aliphatic rings. The maximum atomic E-state index is 14.4. The topological polar surface area (TPSA) is 49.9 Å². The van der Waals surface area contributed by atoms with Crippen LogP contribution < -0.4 is 14.5 Å². The minimum absolute atomic E-state index is 0.120. The van der Waals surface area contributed by atoms with Gasteiger partial charge in [0.25, 0.3) is 11.8 Å². The van der Waals surface area contributed by atoms with Gasteiger partial charge in [-0.2, -0.15) is 0 Å². The molecule has 2 heterocycles. The Morgan fingerprint density at radius 3 is 1.85 bits per heavy atom. The molecule has 1 saturated heterocycles. The normalized spacial score (nSPS) is 21.2. The van der Waals surface area contributed by atoms with Crippen LogP contribution in [0.25, 0.3) is 0 Å². The van der Waals surface area contributed by atoms with E-state index in [0.717, 1.165) is 11.1 Å². The van der Waals surface area contributed by atoms with Gasteiger partial charge in [-0.05, 0) is 47.5 Å². The van der Waals surface area contributed by atoms with Crippen molar-refractivity contribution in [1.82, 2.24) is 0 Å². The van der Waals surface area contributed by atoms with Crippen LogP contribution in [-0.2, 0) is 10.3 Å². The van der Waals surface area contributed by atoms with E-state index in [-0.39, 0.29) is 17.9 Å². The Bertz CT molecular complexity index is 1690. The van der Waals surface area contributed by atoms with Crippen molar-refractivity contribution in [3.8, 4) is 5.75 Å². The van der Waals surface area contributed by atoms with E-state index < -0.39 is 11.6 Å². The number of hydrogen-bond acceptors (Lipinski definition) is 3. The van der Waals surface area contributed by atoms with Crippen molar-refractivity contribution in [1.29, 1.82) is 0 Å². The first kappa shape index (κ1) is 24.9. The first-order chi connectivity index (χ1) is 20.2. The number of carbonyl (C=O) groups is 2. The highest BCUT2D eigenvalue weighted by atomic mass is 16.5. The van der Waals surface area contributed by atoms with Crippen molar-refractivity contribution in [2.24, 2.45) is 0 Å². The summed E-state index contributed by atoms with van der Waals surface area (Å²) in [6.07, 6.45) is -0.337. The molecule has 0 bridgehead atoms. The average molecular weight is 537 g/mol. The van der Waals surface area contributed by atoms with Gasteiger partial charge in [-0.3, -0.25) is 19.4 Å². The zero-order valence-corrected chi connectivity index (χ0v) is 22.3. The lowest BCUT2D eigenvalue weighted by atomic mass is 9.70. The van der Waals surface area contributed by atoms with Gasteiger partial charge < -0.3 is 4.74 Å². The molecule has 2 aliphatic heterocycles. The summed E-state index contributed by atoms with van der Waals surface area (Å²) in [5, 5.41) is 0. The quantitative estimate of drug-likeness (QED) is 0.224. The number of ether oxygens (including phenoxy) is 1. The number of carbonyl (C=O) groups excluding carboxylic acids is 2. The molecule has 0 unspecified atom stereocenters. The molecule has 3 atom stereocenters. The third kappa shape index (κ3) is 4.01. The summed E-state index contributed by atoms with van der Waals surface area (Å²) in [5.74, 6) is 0.378. The number of fused-ring (bicyclic) bond motifs is 3. The molecule has 200 valence electrons. The number of anilines is 2. The number of amides is 2. The summed E-state index contributed by atoms with van der Waals surface area (Å²) in [7, 11) is 0. The zero-order chi connectivity index (χ0) is 27.8. The molecular formula is C36H28N2O3. The minimum atomic E-state index is -0.865. The second kappa shape index (κ2) is 10.1. The largest absolute Gasteiger partial charge is 0.478 e. The maximum Gasteiger partial charge on any atom is 0.271 e.